The van der Waals surface area contributed by atoms with Crippen molar-refractivity contribution in [3.8, 4) is 0 Å². The van der Waals surface area contributed by atoms with Gasteiger partial charge in [0.1, 0.15) is 6.10 Å². The molecular formula is C19H29N3O2. The van der Waals surface area contributed by atoms with Gasteiger partial charge in [0.2, 0.25) is 0 Å². The Morgan fingerprint density at radius 1 is 1.21 bits per heavy atom. The van der Waals surface area contributed by atoms with Gasteiger partial charge >= 0.3 is 0 Å². The molecule has 0 saturated carbocycles. The van der Waals surface area contributed by atoms with Crippen LogP contribution in [-0.2, 0) is 16.1 Å². The van der Waals surface area contributed by atoms with Crippen LogP contribution in [0.4, 0.5) is 0 Å². The molecule has 1 aromatic heterocycles. The first-order valence-electron chi connectivity index (χ1n) is 9.49. The zero-order chi connectivity index (χ0) is 16.2. The molecule has 4 rings (SSSR count). The van der Waals surface area contributed by atoms with Crippen molar-refractivity contribution >= 4 is 0 Å². The molecule has 0 N–H and O–H groups in total. The van der Waals surface area contributed by atoms with Crippen molar-refractivity contribution in [3.05, 3.63) is 30.1 Å². The van der Waals surface area contributed by atoms with E-state index >= 15 is 0 Å². The molecule has 5 nitrogen and oxygen atoms in total. The Morgan fingerprint density at radius 2 is 2.12 bits per heavy atom. The predicted molar refractivity (Wildman–Crippen MR) is 92.8 cm³/mol. The van der Waals surface area contributed by atoms with E-state index < -0.39 is 0 Å². The highest BCUT2D eigenvalue weighted by molar-refractivity contribution is 5.07. The summed E-state index contributed by atoms with van der Waals surface area (Å²) in [6.45, 7) is 7.41. The van der Waals surface area contributed by atoms with Crippen molar-refractivity contribution in [3.63, 3.8) is 0 Å². The van der Waals surface area contributed by atoms with Gasteiger partial charge in [-0.1, -0.05) is 6.07 Å². The molecule has 0 radical (unpaired) electrons. The quantitative estimate of drug-likeness (QED) is 0.796. The van der Waals surface area contributed by atoms with Crippen LogP contribution in [0.1, 0.15) is 31.2 Å². The van der Waals surface area contributed by atoms with Crippen LogP contribution in [0.15, 0.2) is 24.5 Å². The first-order chi connectivity index (χ1) is 11.9. The Bertz CT molecular complexity index is 507. The number of hydrogen-bond acceptors (Lipinski definition) is 5. The number of nitrogens with zero attached hydrogens (tertiary/aromatic N) is 3. The minimum Gasteiger partial charge on any atom is -0.374 e. The van der Waals surface area contributed by atoms with Gasteiger partial charge in [-0.3, -0.25) is 9.88 Å². The van der Waals surface area contributed by atoms with E-state index in [0.29, 0.717) is 12.6 Å². The van der Waals surface area contributed by atoms with Crippen LogP contribution in [0.25, 0.3) is 0 Å². The molecule has 5 heteroatoms. The molecule has 0 aliphatic carbocycles. The van der Waals surface area contributed by atoms with E-state index in [-0.39, 0.29) is 12.2 Å². The molecule has 132 valence electrons. The maximum Gasteiger partial charge on any atom is 0.100 e. The van der Waals surface area contributed by atoms with Gasteiger partial charge in [0, 0.05) is 44.7 Å². The lowest BCUT2D eigenvalue weighted by atomic mass is 10.0. The fourth-order valence-corrected chi connectivity index (χ4v) is 4.37. The molecule has 0 amide bonds. The van der Waals surface area contributed by atoms with Crippen molar-refractivity contribution in [2.45, 2.75) is 50.5 Å². The largest absolute Gasteiger partial charge is 0.374 e. The summed E-state index contributed by atoms with van der Waals surface area (Å²) in [5.41, 5.74) is 1.14. The van der Waals surface area contributed by atoms with Crippen molar-refractivity contribution in [2.75, 3.05) is 39.3 Å². The van der Waals surface area contributed by atoms with E-state index in [1.54, 1.807) is 6.20 Å². The third kappa shape index (κ3) is 3.80. The summed E-state index contributed by atoms with van der Waals surface area (Å²) in [4.78, 5) is 9.39. The number of ether oxygens (including phenoxy) is 2. The monoisotopic (exact) mass is 331 g/mol. The van der Waals surface area contributed by atoms with Gasteiger partial charge in [-0.05, 0) is 50.4 Å². The van der Waals surface area contributed by atoms with E-state index in [1.807, 2.05) is 12.3 Å². The topological polar surface area (TPSA) is 37.8 Å². The van der Waals surface area contributed by atoms with Crippen molar-refractivity contribution in [1.29, 1.82) is 0 Å². The van der Waals surface area contributed by atoms with Gasteiger partial charge < -0.3 is 14.4 Å². The number of fused-ring (bicyclic) bond motifs is 1. The number of pyridine rings is 1. The summed E-state index contributed by atoms with van der Waals surface area (Å²) in [5, 5.41) is 0. The molecule has 3 fully saturated rings. The Kier molecular flexibility index (Phi) is 5.43. The summed E-state index contributed by atoms with van der Waals surface area (Å²) in [6.07, 6.45) is 9.29. The third-order valence-electron chi connectivity index (χ3n) is 5.67. The Hall–Kier alpha value is -1.01. The summed E-state index contributed by atoms with van der Waals surface area (Å²) in [6, 6.07) is 4.59. The molecule has 0 spiro atoms. The van der Waals surface area contributed by atoms with E-state index in [4.69, 9.17) is 9.47 Å². The van der Waals surface area contributed by atoms with Gasteiger partial charge in [0.15, 0.2) is 0 Å². The highest BCUT2D eigenvalue weighted by atomic mass is 16.5. The molecule has 0 aromatic carbocycles. The Morgan fingerprint density at radius 3 is 2.96 bits per heavy atom. The molecule has 0 bridgehead atoms. The fourth-order valence-electron chi connectivity index (χ4n) is 4.37. The second-order valence-corrected chi connectivity index (χ2v) is 7.30. The van der Waals surface area contributed by atoms with Crippen LogP contribution < -0.4 is 0 Å². The average Bonchev–Trinajstić information content (AvgIpc) is 3.27. The summed E-state index contributed by atoms with van der Waals surface area (Å²) in [7, 11) is 0. The molecule has 3 aliphatic heterocycles. The predicted octanol–water partition coefficient (Wildman–Crippen LogP) is 1.93. The van der Waals surface area contributed by atoms with Crippen LogP contribution in [0.5, 0.6) is 0 Å². The standard InChI is InChI=1S/C19H29N3O2/c1-2-9-21(8-1)10-11-22-14-18(19-17(22)6-4-12-23-19)24-15-16-5-3-7-20-13-16/h3,5,7,13,17-19H,1-2,4,6,8-12,14-15H2/t17-,18-,19+/m1/s1. The normalized spacial score (nSPS) is 31.4. The van der Waals surface area contributed by atoms with E-state index in [9.17, 15) is 0 Å². The summed E-state index contributed by atoms with van der Waals surface area (Å²) < 4.78 is 12.3. The maximum absolute atomic E-state index is 6.24. The third-order valence-corrected chi connectivity index (χ3v) is 5.67. The van der Waals surface area contributed by atoms with Gasteiger partial charge in [-0.15, -0.1) is 0 Å². The van der Waals surface area contributed by atoms with Crippen LogP contribution in [-0.4, -0.2) is 72.4 Å². The maximum atomic E-state index is 6.24. The van der Waals surface area contributed by atoms with Crippen LogP contribution in [0, 0.1) is 0 Å². The number of rotatable bonds is 6. The smallest absolute Gasteiger partial charge is 0.100 e. The van der Waals surface area contributed by atoms with Gasteiger partial charge in [-0.2, -0.15) is 0 Å². The van der Waals surface area contributed by atoms with Crippen molar-refractivity contribution in [2.24, 2.45) is 0 Å². The first kappa shape index (κ1) is 16.5. The van der Waals surface area contributed by atoms with E-state index in [1.165, 1.54) is 45.3 Å². The van der Waals surface area contributed by atoms with E-state index in [0.717, 1.165) is 25.3 Å². The lowest BCUT2D eigenvalue weighted by Gasteiger charge is -2.33. The molecule has 3 atom stereocenters. The summed E-state index contributed by atoms with van der Waals surface area (Å²) >= 11 is 0. The molecule has 24 heavy (non-hydrogen) atoms. The Labute approximate surface area is 144 Å². The van der Waals surface area contributed by atoms with Crippen LogP contribution >= 0.6 is 0 Å². The van der Waals surface area contributed by atoms with Crippen molar-refractivity contribution in [1.82, 2.24) is 14.8 Å². The molecule has 3 saturated heterocycles. The minimum absolute atomic E-state index is 0.189. The highest BCUT2D eigenvalue weighted by Gasteiger charge is 2.44. The van der Waals surface area contributed by atoms with Gasteiger partial charge in [0.25, 0.3) is 0 Å². The molecule has 0 unspecified atom stereocenters. The Balaban J connectivity index is 1.33. The second-order valence-electron chi connectivity index (χ2n) is 7.30. The van der Waals surface area contributed by atoms with Crippen molar-refractivity contribution < 1.29 is 9.47 Å². The lowest BCUT2D eigenvalue weighted by molar-refractivity contribution is -0.0818. The zero-order valence-electron chi connectivity index (χ0n) is 14.5. The highest BCUT2D eigenvalue weighted by Crippen LogP contribution is 2.31. The molecule has 4 heterocycles. The number of aromatic nitrogens is 1. The van der Waals surface area contributed by atoms with Gasteiger partial charge in [0.05, 0.1) is 12.7 Å². The summed E-state index contributed by atoms with van der Waals surface area (Å²) in [5.74, 6) is 0. The molecule has 3 aliphatic rings. The van der Waals surface area contributed by atoms with E-state index in [2.05, 4.69) is 20.9 Å². The number of likely N-dealkylation sites (tertiary alicyclic amines) is 2. The number of hydrogen-bond donors (Lipinski definition) is 0. The zero-order valence-corrected chi connectivity index (χ0v) is 14.5. The van der Waals surface area contributed by atoms with Crippen LogP contribution in [0.3, 0.4) is 0 Å². The average molecular weight is 331 g/mol. The fraction of sp³-hybridized carbons (Fsp3) is 0.737. The molecular weight excluding hydrogens is 302 g/mol. The SMILES string of the molecule is c1cncc(CO[C@@H]2CN(CCN3CCCC3)[C@@H]3CCCO[C@@H]32)c1. The van der Waals surface area contributed by atoms with Gasteiger partial charge in [-0.25, -0.2) is 0 Å². The molecule has 1 aromatic rings. The van der Waals surface area contributed by atoms with Crippen LogP contribution in [0.2, 0.25) is 0 Å². The second kappa shape index (κ2) is 7.91. The minimum atomic E-state index is 0.189. The first-order valence-corrected chi connectivity index (χ1v) is 9.49. The lowest BCUT2D eigenvalue weighted by Crippen LogP contribution is -2.43.